The summed E-state index contributed by atoms with van der Waals surface area (Å²) in [6.45, 7) is 0.407. The van der Waals surface area contributed by atoms with Crippen LogP contribution in [-0.4, -0.2) is 51.0 Å². The largest absolute Gasteiger partial charge is 0.493 e. The van der Waals surface area contributed by atoms with E-state index in [1.807, 2.05) is 0 Å². The first-order valence-electron chi connectivity index (χ1n) is 8.92. The SMILES string of the molecule is COCCOc1ccccc1C(=O)NC(=S)NNC(=O)COc1ccccc1OC. The van der Waals surface area contributed by atoms with Gasteiger partial charge in [-0.25, -0.2) is 0 Å². The van der Waals surface area contributed by atoms with Crippen LogP contribution in [0.4, 0.5) is 0 Å². The second kappa shape index (κ2) is 12.2. The Bertz CT molecular complexity index is 877. The molecular weight excluding hydrogens is 410 g/mol. The fourth-order valence-electron chi connectivity index (χ4n) is 2.26. The van der Waals surface area contributed by atoms with Crippen molar-refractivity contribution in [3.63, 3.8) is 0 Å². The van der Waals surface area contributed by atoms with Crippen LogP contribution in [0.3, 0.4) is 0 Å². The number of thiocarbonyl (C=S) groups is 1. The molecule has 0 fully saturated rings. The molecule has 0 aromatic heterocycles. The average Bonchev–Trinajstić information content (AvgIpc) is 2.77. The summed E-state index contributed by atoms with van der Waals surface area (Å²) in [6.07, 6.45) is 0. The number of methoxy groups -OCH3 is 2. The van der Waals surface area contributed by atoms with Gasteiger partial charge in [0.2, 0.25) is 0 Å². The number of hydrogen-bond acceptors (Lipinski definition) is 7. The smallest absolute Gasteiger partial charge is 0.276 e. The van der Waals surface area contributed by atoms with E-state index in [0.717, 1.165) is 0 Å². The molecular formula is C20H23N3O6S. The van der Waals surface area contributed by atoms with E-state index in [2.05, 4.69) is 16.2 Å². The van der Waals surface area contributed by atoms with Crippen LogP contribution in [0.5, 0.6) is 17.2 Å². The summed E-state index contributed by atoms with van der Waals surface area (Å²) >= 11 is 5.04. The van der Waals surface area contributed by atoms with E-state index in [0.29, 0.717) is 36.0 Å². The normalized spacial score (nSPS) is 9.93. The number of carbonyl (C=O) groups excluding carboxylic acids is 2. The van der Waals surface area contributed by atoms with Crippen molar-refractivity contribution in [3.05, 3.63) is 54.1 Å². The van der Waals surface area contributed by atoms with Crippen LogP contribution in [0.25, 0.3) is 0 Å². The third kappa shape index (κ3) is 7.22. The number of para-hydroxylation sites is 3. The van der Waals surface area contributed by atoms with Crippen LogP contribution in [0, 0.1) is 0 Å². The predicted molar refractivity (Wildman–Crippen MR) is 114 cm³/mol. The quantitative estimate of drug-likeness (QED) is 0.310. The lowest BCUT2D eigenvalue weighted by atomic mass is 10.2. The zero-order valence-electron chi connectivity index (χ0n) is 16.6. The third-order valence-corrected chi connectivity index (χ3v) is 3.85. The van der Waals surface area contributed by atoms with Gasteiger partial charge < -0.3 is 18.9 Å². The van der Waals surface area contributed by atoms with E-state index in [1.165, 1.54) is 7.11 Å². The molecule has 2 aromatic rings. The van der Waals surface area contributed by atoms with Crippen molar-refractivity contribution in [3.8, 4) is 17.2 Å². The fourth-order valence-corrected chi connectivity index (χ4v) is 2.40. The third-order valence-electron chi connectivity index (χ3n) is 3.65. The highest BCUT2D eigenvalue weighted by Gasteiger charge is 2.14. The van der Waals surface area contributed by atoms with E-state index in [4.69, 9.17) is 31.2 Å². The lowest BCUT2D eigenvalue weighted by Crippen LogP contribution is -2.49. The van der Waals surface area contributed by atoms with Gasteiger partial charge in [0.05, 0.1) is 19.3 Å². The second-order valence-corrected chi connectivity index (χ2v) is 6.14. The molecule has 0 spiro atoms. The van der Waals surface area contributed by atoms with Crippen molar-refractivity contribution in [2.45, 2.75) is 0 Å². The fraction of sp³-hybridized carbons (Fsp3) is 0.250. The highest BCUT2D eigenvalue weighted by Crippen LogP contribution is 2.25. The lowest BCUT2D eigenvalue weighted by molar-refractivity contribution is -0.123. The van der Waals surface area contributed by atoms with Crippen LogP contribution in [-0.2, 0) is 9.53 Å². The van der Waals surface area contributed by atoms with Crippen molar-refractivity contribution in [2.24, 2.45) is 0 Å². The Kier molecular flexibility index (Phi) is 9.35. The molecule has 0 aliphatic carbocycles. The summed E-state index contributed by atoms with van der Waals surface area (Å²) in [4.78, 5) is 24.4. The maximum absolute atomic E-state index is 12.4. The summed E-state index contributed by atoms with van der Waals surface area (Å²) < 4.78 is 21.0. The molecule has 0 bridgehead atoms. The standard InChI is InChI=1S/C20H23N3O6S/c1-26-11-12-28-15-8-4-3-7-14(15)19(25)21-20(30)23-22-18(24)13-29-17-10-6-5-9-16(17)27-2/h3-10H,11-13H2,1-2H3,(H,22,24)(H2,21,23,25,30). The average molecular weight is 433 g/mol. The first kappa shape index (κ1) is 22.9. The molecule has 0 aliphatic rings. The number of hydrogen-bond donors (Lipinski definition) is 3. The van der Waals surface area contributed by atoms with E-state index in [9.17, 15) is 9.59 Å². The lowest BCUT2D eigenvalue weighted by Gasteiger charge is -2.14. The first-order chi connectivity index (χ1) is 14.5. The van der Waals surface area contributed by atoms with Crippen molar-refractivity contribution in [1.29, 1.82) is 0 Å². The molecule has 30 heavy (non-hydrogen) atoms. The summed E-state index contributed by atoms with van der Waals surface area (Å²) in [7, 11) is 3.06. The van der Waals surface area contributed by atoms with Gasteiger partial charge in [0.1, 0.15) is 12.4 Å². The van der Waals surface area contributed by atoms with Gasteiger partial charge in [-0.3, -0.25) is 25.8 Å². The van der Waals surface area contributed by atoms with Gasteiger partial charge in [0, 0.05) is 7.11 Å². The molecule has 0 unspecified atom stereocenters. The molecule has 2 amide bonds. The highest BCUT2D eigenvalue weighted by molar-refractivity contribution is 7.80. The summed E-state index contributed by atoms with van der Waals surface area (Å²) in [6, 6.07) is 13.6. The Morgan fingerprint density at radius 1 is 0.867 bits per heavy atom. The highest BCUT2D eigenvalue weighted by atomic mass is 32.1. The van der Waals surface area contributed by atoms with Crippen LogP contribution < -0.4 is 30.4 Å². The van der Waals surface area contributed by atoms with Gasteiger partial charge in [-0.1, -0.05) is 24.3 Å². The molecule has 0 saturated heterocycles. The molecule has 0 atom stereocenters. The number of rotatable bonds is 9. The number of nitrogens with one attached hydrogen (secondary N) is 3. The van der Waals surface area contributed by atoms with E-state index in [1.54, 1.807) is 55.6 Å². The molecule has 3 N–H and O–H groups in total. The van der Waals surface area contributed by atoms with Crippen molar-refractivity contribution >= 4 is 29.1 Å². The topological polar surface area (TPSA) is 107 Å². The van der Waals surface area contributed by atoms with Crippen molar-refractivity contribution in [1.82, 2.24) is 16.2 Å². The van der Waals surface area contributed by atoms with Crippen molar-refractivity contribution in [2.75, 3.05) is 34.0 Å². The van der Waals surface area contributed by atoms with E-state index in [-0.39, 0.29) is 11.7 Å². The Balaban J connectivity index is 1.80. The van der Waals surface area contributed by atoms with Gasteiger partial charge in [0.15, 0.2) is 23.2 Å². The molecule has 0 radical (unpaired) electrons. The Morgan fingerprint density at radius 2 is 1.53 bits per heavy atom. The maximum Gasteiger partial charge on any atom is 0.276 e. The molecule has 9 nitrogen and oxygen atoms in total. The van der Waals surface area contributed by atoms with Crippen LogP contribution in [0.1, 0.15) is 10.4 Å². The summed E-state index contributed by atoms with van der Waals surface area (Å²) in [5, 5.41) is 2.38. The monoisotopic (exact) mass is 433 g/mol. The molecule has 0 saturated carbocycles. The van der Waals surface area contributed by atoms with Gasteiger partial charge in [-0.2, -0.15) is 0 Å². The molecule has 0 aliphatic heterocycles. The minimum atomic E-state index is -0.499. The number of amides is 2. The maximum atomic E-state index is 12.4. The zero-order valence-corrected chi connectivity index (χ0v) is 17.4. The van der Waals surface area contributed by atoms with Crippen LogP contribution in [0.2, 0.25) is 0 Å². The molecule has 160 valence electrons. The number of hydrazine groups is 1. The van der Waals surface area contributed by atoms with Crippen LogP contribution >= 0.6 is 12.2 Å². The number of carbonyl (C=O) groups is 2. The molecule has 2 aromatic carbocycles. The van der Waals surface area contributed by atoms with E-state index < -0.39 is 11.8 Å². The van der Waals surface area contributed by atoms with Gasteiger partial charge >= 0.3 is 0 Å². The number of benzene rings is 2. The summed E-state index contributed by atoms with van der Waals surface area (Å²) in [5.74, 6) is 0.341. The minimum Gasteiger partial charge on any atom is -0.493 e. The predicted octanol–water partition coefficient (Wildman–Crippen LogP) is 1.43. The molecule has 10 heteroatoms. The van der Waals surface area contributed by atoms with Crippen molar-refractivity contribution < 1.29 is 28.5 Å². The molecule has 0 heterocycles. The van der Waals surface area contributed by atoms with Gasteiger partial charge in [0.25, 0.3) is 11.8 Å². The molecule has 2 rings (SSSR count). The Morgan fingerprint density at radius 3 is 2.23 bits per heavy atom. The van der Waals surface area contributed by atoms with E-state index >= 15 is 0 Å². The second-order valence-electron chi connectivity index (χ2n) is 5.73. The first-order valence-corrected chi connectivity index (χ1v) is 9.32. The Labute approximate surface area is 179 Å². The van der Waals surface area contributed by atoms with Crippen LogP contribution in [0.15, 0.2) is 48.5 Å². The zero-order chi connectivity index (χ0) is 21.8. The minimum absolute atomic E-state index is 0.0858. The number of ether oxygens (including phenoxy) is 4. The Hall–Kier alpha value is -3.37. The van der Waals surface area contributed by atoms with Gasteiger partial charge in [-0.05, 0) is 36.5 Å². The summed E-state index contributed by atoms with van der Waals surface area (Å²) in [5.41, 5.74) is 5.09. The van der Waals surface area contributed by atoms with Gasteiger partial charge in [-0.15, -0.1) is 0 Å².